The Balaban J connectivity index is 1.96. The summed E-state index contributed by atoms with van der Waals surface area (Å²) in [4.78, 5) is 12.6. The third-order valence-electron chi connectivity index (χ3n) is 3.24. The van der Waals surface area contributed by atoms with Crippen LogP contribution in [0.15, 0.2) is 23.1 Å². The van der Waals surface area contributed by atoms with Crippen molar-refractivity contribution in [3.8, 4) is 0 Å². The first-order valence-corrected chi connectivity index (χ1v) is 7.36. The Hall–Kier alpha value is -1.32. The van der Waals surface area contributed by atoms with Crippen molar-refractivity contribution in [1.29, 1.82) is 0 Å². The maximum absolute atomic E-state index is 13.3. The molecule has 4 nitrogen and oxygen atoms in total. The summed E-state index contributed by atoms with van der Waals surface area (Å²) in [6.45, 7) is 0.756. The smallest absolute Gasteiger partial charge is 0.332 e. The predicted molar refractivity (Wildman–Crippen MR) is 74.4 cm³/mol. The first-order valence-electron chi connectivity index (χ1n) is 6.59. The van der Waals surface area contributed by atoms with Gasteiger partial charge < -0.3 is 10.6 Å². The second-order valence-electron chi connectivity index (χ2n) is 4.77. The van der Waals surface area contributed by atoms with Crippen molar-refractivity contribution in [2.45, 2.75) is 17.6 Å². The van der Waals surface area contributed by atoms with E-state index in [1.165, 1.54) is 24.1 Å². The van der Waals surface area contributed by atoms with Crippen LogP contribution in [-0.4, -0.2) is 47.5 Å². The fourth-order valence-electron chi connectivity index (χ4n) is 2.08. The number of amides is 1. The first-order chi connectivity index (χ1) is 10.3. The van der Waals surface area contributed by atoms with Crippen LogP contribution in [0, 0.1) is 5.82 Å². The minimum absolute atomic E-state index is 0.0153. The molecule has 0 saturated carbocycles. The van der Waals surface area contributed by atoms with E-state index in [1.807, 2.05) is 0 Å². The molecule has 0 bridgehead atoms. The largest absolute Gasteiger partial charge is 0.471 e. The first kappa shape index (κ1) is 17.0. The van der Waals surface area contributed by atoms with Crippen LogP contribution in [0.25, 0.3) is 0 Å². The van der Waals surface area contributed by atoms with Gasteiger partial charge in [0.2, 0.25) is 0 Å². The van der Waals surface area contributed by atoms with E-state index in [1.54, 1.807) is 10.4 Å². The third kappa shape index (κ3) is 4.11. The van der Waals surface area contributed by atoms with Gasteiger partial charge in [0.15, 0.2) is 0 Å². The van der Waals surface area contributed by atoms with Crippen molar-refractivity contribution >= 4 is 17.9 Å². The molecule has 0 radical (unpaired) electrons. The van der Waals surface area contributed by atoms with E-state index in [2.05, 4.69) is 0 Å². The molecule has 22 heavy (non-hydrogen) atoms. The molecular formula is C13H15F4N3OS. The number of piperazine rings is 1. The standard InChI is InChI=1S/C13H15F4N3OS/c14-10-2-1-9(8-18)11(7-10)22-20-5-3-19(4-6-20)12(21)13(15,16)17/h1-2,7H,3-6,8,18H2. The summed E-state index contributed by atoms with van der Waals surface area (Å²) < 4.78 is 52.2. The van der Waals surface area contributed by atoms with E-state index in [0.717, 1.165) is 10.5 Å². The molecule has 1 aromatic rings. The Morgan fingerprint density at radius 3 is 2.41 bits per heavy atom. The SMILES string of the molecule is NCc1ccc(F)cc1SN1CCN(C(=O)C(F)(F)F)CC1. The summed E-state index contributed by atoms with van der Waals surface area (Å²) >= 11 is 1.25. The summed E-state index contributed by atoms with van der Waals surface area (Å²) in [5.41, 5.74) is 6.35. The van der Waals surface area contributed by atoms with Crippen LogP contribution >= 0.6 is 11.9 Å². The van der Waals surface area contributed by atoms with Crippen LogP contribution in [0.5, 0.6) is 0 Å². The van der Waals surface area contributed by atoms with Crippen molar-refractivity contribution in [2.24, 2.45) is 5.73 Å². The topological polar surface area (TPSA) is 49.6 Å². The number of nitrogens with zero attached hydrogens (tertiary/aromatic N) is 2. The Morgan fingerprint density at radius 2 is 1.86 bits per heavy atom. The van der Waals surface area contributed by atoms with Gasteiger partial charge in [-0.15, -0.1) is 0 Å². The van der Waals surface area contributed by atoms with Gasteiger partial charge in [0.1, 0.15) is 5.82 Å². The van der Waals surface area contributed by atoms with Crippen LogP contribution in [-0.2, 0) is 11.3 Å². The van der Waals surface area contributed by atoms with Crippen molar-refractivity contribution in [1.82, 2.24) is 9.21 Å². The molecule has 0 atom stereocenters. The lowest BCUT2D eigenvalue weighted by atomic mass is 10.2. The molecular weight excluding hydrogens is 322 g/mol. The Bertz CT molecular complexity index is 545. The number of hydrogen-bond donors (Lipinski definition) is 1. The fraction of sp³-hybridized carbons (Fsp3) is 0.462. The van der Waals surface area contributed by atoms with E-state index in [9.17, 15) is 22.4 Å². The average Bonchev–Trinajstić information content (AvgIpc) is 2.46. The van der Waals surface area contributed by atoms with Crippen molar-refractivity contribution in [3.05, 3.63) is 29.6 Å². The molecule has 2 rings (SSSR count). The monoisotopic (exact) mass is 337 g/mol. The van der Waals surface area contributed by atoms with Crippen LogP contribution in [0.2, 0.25) is 0 Å². The van der Waals surface area contributed by atoms with Gasteiger partial charge in [-0.25, -0.2) is 8.70 Å². The predicted octanol–water partition coefficient (Wildman–Crippen LogP) is 2.00. The summed E-state index contributed by atoms with van der Waals surface area (Å²) in [5.74, 6) is -2.21. The Kier molecular flexibility index (Phi) is 5.30. The molecule has 1 saturated heterocycles. The molecule has 0 unspecified atom stereocenters. The second-order valence-corrected chi connectivity index (χ2v) is 5.91. The fourth-order valence-corrected chi connectivity index (χ4v) is 3.14. The molecule has 1 fully saturated rings. The highest BCUT2D eigenvalue weighted by molar-refractivity contribution is 7.97. The lowest BCUT2D eigenvalue weighted by Gasteiger charge is -2.34. The van der Waals surface area contributed by atoms with E-state index in [-0.39, 0.29) is 32.7 Å². The van der Waals surface area contributed by atoms with E-state index in [4.69, 9.17) is 5.73 Å². The number of alkyl halides is 3. The summed E-state index contributed by atoms with van der Waals surface area (Å²) in [5, 5.41) is 0. The highest BCUT2D eigenvalue weighted by atomic mass is 32.2. The zero-order valence-corrected chi connectivity index (χ0v) is 12.4. The molecule has 1 aliphatic heterocycles. The minimum Gasteiger partial charge on any atom is -0.332 e. The number of rotatable bonds is 3. The zero-order chi connectivity index (χ0) is 16.3. The molecule has 1 aliphatic rings. The van der Waals surface area contributed by atoms with Gasteiger partial charge in [0.25, 0.3) is 0 Å². The highest BCUT2D eigenvalue weighted by Gasteiger charge is 2.43. The van der Waals surface area contributed by atoms with Gasteiger partial charge in [0, 0.05) is 37.6 Å². The van der Waals surface area contributed by atoms with Crippen LogP contribution in [0.1, 0.15) is 5.56 Å². The number of carbonyl (C=O) groups is 1. The molecule has 1 aromatic carbocycles. The molecule has 1 heterocycles. The van der Waals surface area contributed by atoms with Crippen molar-refractivity contribution < 1.29 is 22.4 Å². The lowest BCUT2D eigenvalue weighted by molar-refractivity contribution is -0.186. The van der Waals surface area contributed by atoms with Gasteiger partial charge in [-0.05, 0) is 29.6 Å². The minimum atomic E-state index is -4.84. The summed E-state index contributed by atoms with van der Waals surface area (Å²) in [7, 11) is 0. The molecule has 0 spiro atoms. The molecule has 0 aromatic heterocycles. The number of nitrogens with two attached hydrogens (primary N) is 1. The molecule has 2 N–H and O–H groups in total. The van der Waals surface area contributed by atoms with Crippen LogP contribution < -0.4 is 5.73 Å². The summed E-state index contributed by atoms with van der Waals surface area (Å²) in [6.07, 6.45) is -4.84. The van der Waals surface area contributed by atoms with E-state index >= 15 is 0 Å². The van der Waals surface area contributed by atoms with Crippen molar-refractivity contribution in [3.63, 3.8) is 0 Å². The Labute approximate surface area is 129 Å². The Morgan fingerprint density at radius 1 is 1.23 bits per heavy atom. The molecule has 9 heteroatoms. The number of hydrogen-bond acceptors (Lipinski definition) is 4. The normalized spacial score (nSPS) is 16.9. The van der Waals surface area contributed by atoms with Gasteiger partial charge in [-0.1, -0.05) is 6.07 Å². The van der Waals surface area contributed by atoms with Crippen molar-refractivity contribution in [2.75, 3.05) is 26.2 Å². The van der Waals surface area contributed by atoms with E-state index < -0.39 is 17.9 Å². The summed E-state index contributed by atoms with van der Waals surface area (Å²) in [6, 6.07) is 4.24. The van der Waals surface area contributed by atoms with E-state index in [0.29, 0.717) is 4.90 Å². The maximum Gasteiger partial charge on any atom is 0.471 e. The van der Waals surface area contributed by atoms with Crippen LogP contribution in [0.3, 0.4) is 0 Å². The van der Waals surface area contributed by atoms with Gasteiger partial charge in [-0.3, -0.25) is 4.79 Å². The highest BCUT2D eigenvalue weighted by Crippen LogP contribution is 2.29. The quantitative estimate of drug-likeness (QED) is 0.677. The third-order valence-corrected chi connectivity index (χ3v) is 4.45. The van der Waals surface area contributed by atoms with Crippen LogP contribution in [0.4, 0.5) is 17.6 Å². The van der Waals surface area contributed by atoms with Gasteiger partial charge in [-0.2, -0.15) is 13.2 Å². The average molecular weight is 337 g/mol. The zero-order valence-electron chi connectivity index (χ0n) is 11.6. The molecule has 0 aliphatic carbocycles. The molecule has 122 valence electrons. The molecule has 1 amide bonds. The van der Waals surface area contributed by atoms with Gasteiger partial charge in [0.05, 0.1) is 0 Å². The number of benzene rings is 1. The maximum atomic E-state index is 13.3. The number of halogens is 4. The lowest BCUT2D eigenvalue weighted by Crippen LogP contribution is -2.50. The number of carbonyl (C=O) groups excluding carboxylic acids is 1. The second kappa shape index (κ2) is 6.84. The van der Waals surface area contributed by atoms with Gasteiger partial charge >= 0.3 is 12.1 Å².